The maximum atomic E-state index is 9.56. The topological polar surface area (TPSA) is 17.1 Å². The van der Waals surface area contributed by atoms with E-state index < -0.39 is 0 Å². The van der Waals surface area contributed by atoms with Crippen LogP contribution in [0.1, 0.15) is 26.2 Å². The fourth-order valence-electron chi connectivity index (χ4n) is 0.287. The van der Waals surface area contributed by atoms with Gasteiger partial charge in [-0.15, -0.1) is 0 Å². The van der Waals surface area contributed by atoms with Crippen molar-refractivity contribution in [2.75, 3.05) is 0 Å². The molecule has 7 heavy (non-hydrogen) atoms. The van der Waals surface area contributed by atoms with Gasteiger partial charge >= 0.3 is 0 Å². The first kappa shape index (κ1) is 10.9. The summed E-state index contributed by atoms with van der Waals surface area (Å²) in [7, 11) is 0. The Morgan fingerprint density at radius 2 is 2.14 bits per heavy atom. The molecule has 0 N–H and O–H groups in total. The summed E-state index contributed by atoms with van der Waals surface area (Å²) in [5, 5.41) is 0. The number of carbonyl (C=O) groups excluding carboxylic acids is 1. The van der Waals surface area contributed by atoms with Gasteiger partial charge in [0, 0.05) is 47.7 Å². The minimum Gasteiger partial charge on any atom is -0.303 e. The van der Waals surface area contributed by atoms with Gasteiger partial charge in [-0.2, -0.15) is 0 Å². The number of unbranched alkanes of at least 4 members (excludes halogenated alkanes) is 2. The van der Waals surface area contributed by atoms with E-state index in [1.165, 1.54) is 0 Å². The van der Waals surface area contributed by atoms with E-state index in [1.54, 1.807) is 0 Å². The largest absolute Gasteiger partial charge is 0.303 e. The first-order valence-corrected chi connectivity index (χ1v) is 2.35. The van der Waals surface area contributed by atoms with E-state index in [4.69, 9.17) is 0 Å². The van der Waals surface area contributed by atoms with Crippen LogP contribution in [0.25, 0.3) is 0 Å². The van der Waals surface area contributed by atoms with E-state index in [-0.39, 0.29) is 41.3 Å². The Morgan fingerprint density at radius 3 is 2.29 bits per heavy atom. The molecule has 0 aliphatic carbocycles. The molecular weight excluding hydrogens is 217 g/mol. The van der Waals surface area contributed by atoms with Crippen molar-refractivity contribution in [3.63, 3.8) is 0 Å². The smallest absolute Gasteiger partial charge is 0.119 e. The molecule has 0 aromatic rings. The molecule has 1 radical (unpaired) electrons. The van der Waals surface area contributed by atoms with E-state index in [0.717, 1.165) is 25.5 Å². The molecule has 0 atom stereocenters. The third kappa shape index (κ3) is 11.0. The molecular formula is C5H10OPr. The minimum absolute atomic E-state index is 0. The predicted octanol–water partition coefficient (Wildman–Crippen LogP) is 1.38. The van der Waals surface area contributed by atoms with Crippen molar-refractivity contribution in [1.82, 2.24) is 0 Å². The Kier molecular flexibility index (Phi) is 15.8. The van der Waals surface area contributed by atoms with Crippen LogP contribution in [0.15, 0.2) is 0 Å². The van der Waals surface area contributed by atoms with Crippen LogP contribution in [0.4, 0.5) is 0 Å². The Morgan fingerprint density at radius 1 is 1.57 bits per heavy atom. The van der Waals surface area contributed by atoms with Gasteiger partial charge in [-0.05, 0) is 6.42 Å². The molecule has 0 aromatic carbocycles. The third-order valence-corrected chi connectivity index (χ3v) is 0.676. The molecule has 0 unspecified atom stereocenters. The van der Waals surface area contributed by atoms with Gasteiger partial charge in [-0.3, -0.25) is 0 Å². The standard InChI is InChI=1S/C5H10O.Pr/c1-2-3-4-5-6;/h5H,2-4H2,1H3;. The molecule has 0 amide bonds. The van der Waals surface area contributed by atoms with Crippen molar-refractivity contribution in [3.05, 3.63) is 0 Å². The molecule has 0 aromatic heterocycles. The van der Waals surface area contributed by atoms with Gasteiger partial charge in [-0.1, -0.05) is 13.3 Å². The summed E-state index contributed by atoms with van der Waals surface area (Å²) >= 11 is 0. The second kappa shape index (κ2) is 10.1. The molecule has 0 aliphatic rings. The molecule has 1 nitrogen and oxygen atoms in total. The molecule has 0 heterocycles. The zero-order valence-electron chi connectivity index (χ0n) is 4.68. The summed E-state index contributed by atoms with van der Waals surface area (Å²) < 4.78 is 0. The number of carbonyl (C=O) groups is 1. The van der Waals surface area contributed by atoms with Gasteiger partial charge in [0.2, 0.25) is 0 Å². The Balaban J connectivity index is 0. The van der Waals surface area contributed by atoms with Crippen LogP contribution < -0.4 is 0 Å². The number of rotatable bonds is 3. The molecule has 2 heteroatoms. The summed E-state index contributed by atoms with van der Waals surface area (Å²) in [5.41, 5.74) is 0. The summed E-state index contributed by atoms with van der Waals surface area (Å²) in [5.74, 6) is 0. The molecule has 0 bridgehead atoms. The van der Waals surface area contributed by atoms with Crippen LogP contribution in [0.2, 0.25) is 0 Å². The third-order valence-electron chi connectivity index (χ3n) is 0.676. The van der Waals surface area contributed by atoms with Crippen molar-refractivity contribution in [3.8, 4) is 0 Å². The average Bonchev–Trinajstić information content (AvgIpc) is 1.61. The number of hydrogen-bond acceptors (Lipinski definition) is 1. The Hall–Kier alpha value is 1.03. The summed E-state index contributed by atoms with van der Waals surface area (Å²) in [4.78, 5) is 9.56. The van der Waals surface area contributed by atoms with Crippen molar-refractivity contribution >= 4 is 6.29 Å². The van der Waals surface area contributed by atoms with E-state index in [1.807, 2.05) is 0 Å². The average molecular weight is 227 g/mol. The van der Waals surface area contributed by atoms with Crippen LogP contribution in [-0.2, 0) is 4.79 Å². The number of hydrogen-bond donors (Lipinski definition) is 0. The predicted molar refractivity (Wildman–Crippen MR) is 25.6 cm³/mol. The molecule has 0 saturated carbocycles. The maximum absolute atomic E-state index is 9.56. The fraction of sp³-hybridized carbons (Fsp3) is 0.800. The van der Waals surface area contributed by atoms with Crippen LogP contribution >= 0.6 is 0 Å². The second-order valence-corrected chi connectivity index (χ2v) is 1.31. The first-order valence-electron chi connectivity index (χ1n) is 2.35. The summed E-state index contributed by atoms with van der Waals surface area (Å²) in [6, 6.07) is 0. The van der Waals surface area contributed by atoms with Crippen LogP contribution in [0.3, 0.4) is 0 Å². The molecule has 0 fully saturated rings. The van der Waals surface area contributed by atoms with Gasteiger partial charge in [0.1, 0.15) is 6.29 Å². The van der Waals surface area contributed by atoms with Gasteiger partial charge < -0.3 is 4.79 Å². The number of aldehydes is 1. The van der Waals surface area contributed by atoms with Crippen LogP contribution in [0, 0.1) is 41.3 Å². The Labute approximate surface area is 77.8 Å². The van der Waals surface area contributed by atoms with Gasteiger partial charge in [0.25, 0.3) is 0 Å². The normalized spacial score (nSPS) is 7.00. The second-order valence-electron chi connectivity index (χ2n) is 1.31. The van der Waals surface area contributed by atoms with Gasteiger partial charge in [0.15, 0.2) is 0 Å². The molecule has 0 aliphatic heterocycles. The molecule has 0 saturated heterocycles. The van der Waals surface area contributed by atoms with Crippen LogP contribution in [0.5, 0.6) is 0 Å². The molecule has 0 rings (SSSR count). The quantitative estimate of drug-likeness (QED) is 0.525. The van der Waals surface area contributed by atoms with E-state index in [0.29, 0.717) is 0 Å². The van der Waals surface area contributed by atoms with Crippen molar-refractivity contribution in [2.24, 2.45) is 0 Å². The zero-order chi connectivity index (χ0) is 4.83. The monoisotopic (exact) mass is 227 g/mol. The van der Waals surface area contributed by atoms with E-state index in [9.17, 15) is 4.79 Å². The van der Waals surface area contributed by atoms with Crippen molar-refractivity contribution < 1.29 is 46.1 Å². The molecule has 39 valence electrons. The first-order chi connectivity index (χ1) is 2.91. The van der Waals surface area contributed by atoms with Gasteiger partial charge in [-0.25, -0.2) is 0 Å². The van der Waals surface area contributed by atoms with E-state index >= 15 is 0 Å². The van der Waals surface area contributed by atoms with E-state index in [2.05, 4.69) is 6.92 Å². The van der Waals surface area contributed by atoms with Crippen molar-refractivity contribution in [1.29, 1.82) is 0 Å². The Bertz CT molecular complexity index is 37.1. The summed E-state index contributed by atoms with van der Waals surface area (Å²) in [6.07, 6.45) is 3.86. The minimum atomic E-state index is 0. The van der Waals surface area contributed by atoms with Gasteiger partial charge in [0.05, 0.1) is 0 Å². The SMILES string of the molecule is CCCCC=O.[Pr]. The fourth-order valence-corrected chi connectivity index (χ4v) is 0.287. The zero-order valence-corrected chi connectivity index (χ0v) is 8.39. The van der Waals surface area contributed by atoms with Crippen LogP contribution in [-0.4, -0.2) is 6.29 Å². The van der Waals surface area contributed by atoms with Crippen molar-refractivity contribution in [2.45, 2.75) is 26.2 Å². The maximum Gasteiger partial charge on any atom is 0.119 e. The summed E-state index contributed by atoms with van der Waals surface area (Å²) in [6.45, 7) is 2.07. The molecule has 0 spiro atoms.